The monoisotopic (exact) mass is 369 g/mol. The number of piperazine rings is 1. The van der Waals surface area contributed by atoms with Gasteiger partial charge in [0, 0.05) is 45.8 Å². The summed E-state index contributed by atoms with van der Waals surface area (Å²) in [6.07, 6.45) is 2.08. The summed E-state index contributed by atoms with van der Waals surface area (Å²) < 4.78 is 32.4. The van der Waals surface area contributed by atoms with E-state index in [-0.39, 0.29) is 5.91 Å². The van der Waals surface area contributed by atoms with Crippen LogP contribution in [-0.4, -0.2) is 74.7 Å². The smallest absolute Gasteiger partial charge is 0.281 e. The minimum absolute atomic E-state index is 0.0815. The molecule has 0 aliphatic carbocycles. The van der Waals surface area contributed by atoms with Crippen LogP contribution in [0.3, 0.4) is 0 Å². The third kappa shape index (κ3) is 4.93. The van der Waals surface area contributed by atoms with Crippen LogP contribution in [0, 0.1) is 0 Å². The third-order valence-electron chi connectivity index (χ3n) is 4.18. The Morgan fingerprint density at radius 3 is 2.24 bits per heavy atom. The quantitative estimate of drug-likeness (QED) is 0.682. The molecule has 1 saturated heterocycles. The predicted molar refractivity (Wildman–Crippen MR) is 96.9 cm³/mol. The highest BCUT2D eigenvalue weighted by atomic mass is 32.2. The van der Waals surface area contributed by atoms with Crippen molar-refractivity contribution in [2.45, 2.75) is 19.8 Å². The average Bonchev–Trinajstić information content (AvgIpc) is 2.62. The first-order valence-corrected chi connectivity index (χ1v) is 9.95. The normalized spacial score (nSPS) is 16.2. The molecular weight excluding hydrogens is 342 g/mol. The second-order valence-corrected chi connectivity index (χ2v) is 8.35. The maximum Gasteiger partial charge on any atom is 0.281 e. The Kier molecular flexibility index (Phi) is 6.80. The van der Waals surface area contributed by atoms with Gasteiger partial charge in [-0.2, -0.15) is 17.0 Å². The Morgan fingerprint density at radius 2 is 1.72 bits per heavy atom. The molecule has 0 spiro atoms. The molecule has 7 nitrogen and oxygen atoms in total. The van der Waals surface area contributed by atoms with Crippen molar-refractivity contribution < 1.29 is 17.9 Å². The zero-order valence-electron chi connectivity index (χ0n) is 15.1. The molecule has 0 saturated carbocycles. The number of hydrogen-bond donors (Lipinski definition) is 0. The van der Waals surface area contributed by atoms with Crippen LogP contribution in [0.5, 0.6) is 5.75 Å². The lowest BCUT2D eigenvalue weighted by Gasteiger charge is -2.35. The van der Waals surface area contributed by atoms with Gasteiger partial charge in [0.15, 0.2) is 0 Å². The van der Waals surface area contributed by atoms with E-state index in [4.69, 9.17) is 4.74 Å². The van der Waals surface area contributed by atoms with Crippen molar-refractivity contribution in [2.24, 2.45) is 0 Å². The van der Waals surface area contributed by atoms with E-state index in [0.29, 0.717) is 38.3 Å². The van der Waals surface area contributed by atoms with Crippen LogP contribution in [0.15, 0.2) is 24.3 Å². The summed E-state index contributed by atoms with van der Waals surface area (Å²) in [6.45, 7) is 4.18. The van der Waals surface area contributed by atoms with Gasteiger partial charge in [0.05, 0.1) is 6.61 Å². The Balaban J connectivity index is 1.92. The summed E-state index contributed by atoms with van der Waals surface area (Å²) in [5.41, 5.74) is 0.590. The Labute approximate surface area is 150 Å². The number of amides is 1. The van der Waals surface area contributed by atoms with Crippen LogP contribution in [0.1, 0.15) is 30.1 Å². The molecule has 1 aromatic rings. The molecular formula is C17H27N3O4S. The fourth-order valence-corrected chi connectivity index (χ4v) is 3.65. The summed E-state index contributed by atoms with van der Waals surface area (Å²) >= 11 is 0. The van der Waals surface area contributed by atoms with Crippen LogP contribution in [0.2, 0.25) is 0 Å². The number of carbonyl (C=O) groups is 1. The topological polar surface area (TPSA) is 70.2 Å². The Hall–Kier alpha value is -1.64. The number of carbonyl (C=O) groups excluding carboxylic acids is 1. The lowest BCUT2D eigenvalue weighted by atomic mass is 10.2. The molecule has 1 aromatic carbocycles. The standard InChI is InChI=1S/C17H27N3O4S/c1-4-5-14-24-16-8-6-15(7-9-16)17(21)19-10-12-20(13-11-19)25(22,23)18(2)3/h6-9H,4-5,10-14H2,1-3H3. The second kappa shape index (κ2) is 8.64. The Bertz CT molecular complexity index is 666. The number of unbranched alkanes of at least 4 members (excludes halogenated alkanes) is 1. The number of hydrogen-bond acceptors (Lipinski definition) is 4. The largest absolute Gasteiger partial charge is 0.494 e. The van der Waals surface area contributed by atoms with E-state index in [1.807, 2.05) is 0 Å². The number of rotatable bonds is 7. The molecule has 1 aliphatic heterocycles. The first-order valence-electron chi connectivity index (χ1n) is 8.56. The summed E-state index contributed by atoms with van der Waals surface area (Å²) in [5.74, 6) is 0.675. The third-order valence-corrected chi connectivity index (χ3v) is 6.12. The van der Waals surface area contributed by atoms with Gasteiger partial charge in [0.1, 0.15) is 5.75 Å². The number of nitrogens with zero attached hydrogens (tertiary/aromatic N) is 3. The average molecular weight is 369 g/mol. The van der Waals surface area contributed by atoms with Gasteiger partial charge in [0.2, 0.25) is 0 Å². The molecule has 1 heterocycles. The van der Waals surface area contributed by atoms with Gasteiger partial charge >= 0.3 is 0 Å². The highest BCUT2D eigenvalue weighted by molar-refractivity contribution is 7.86. The minimum Gasteiger partial charge on any atom is -0.494 e. The lowest BCUT2D eigenvalue weighted by Crippen LogP contribution is -2.53. The SMILES string of the molecule is CCCCOc1ccc(C(=O)N2CCN(S(=O)(=O)N(C)C)CC2)cc1. The molecule has 140 valence electrons. The van der Waals surface area contributed by atoms with Gasteiger partial charge in [0.25, 0.3) is 16.1 Å². The summed E-state index contributed by atoms with van der Waals surface area (Å²) in [4.78, 5) is 14.3. The Morgan fingerprint density at radius 1 is 1.12 bits per heavy atom. The summed E-state index contributed by atoms with van der Waals surface area (Å²) in [7, 11) is -0.397. The molecule has 1 amide bonds. The molecule has 0 radical (unpaired) electrons. The van der Waals surface area contributed by atoms with Crippen LogP contribution >= 0.6 is 0 Å². The molecule has 0 atom stereocenters. The van der Waals surface area contributed by atoms with E-state index >= 15 is 0 Å². The lowest BCUT2D eigenvalue weighted by molar-refractivity contribution is 0.0695. The van der Waals surface area contributed by atoms with Gasteiger partial charge < -0.3 is 9.64 Å². The van der Waals surface area contributed by atoms with Gasteiger partial charge in [-0.25, -0.2) is 0 Å². The molecule has 0 aromatic heterocycles. The maximum absolute atomic E-state index is 12.6. The molecule has 2 rings (SSSR count). The van der Waals surface area contributed by atoms with E-state index in [1.165, 1.54) is 22.7 Å². The molecule has 1 aliphatic rings. The molecule has 8 heteroatoms. The van der Waals surface area contributed by atoms with Crippen molar-refractivity contribution >= 4 is 16.1 Å². The minimum atomic E-state index is -3.42. The van der Waals surface area contributed by atoms with E-state index in [1.54, 1.807) is 29.2 Å². The highest BCUT2D eigenvalue weighted by Gasteiger charge is 2.30. The van der Waals surface area contributed by atoms with Crippen LogP contribution in [-0.2, 0) is 10.2 Å². The fraction of sp³-hybridized carbons (Fsp3) is 0.588. The summed E-state index contributed by atoms with van der Waals surface area (Å²) in [5, 5.41) is 0. The van der Waals surface area contributed by atoms with Crippen LogP contribution < -0.4 is 4.74 Å². The second-order valence-electron chi connectivity index (χ2n) is 6.21. The predicted octanol–water partition coefficient (Wildman–Crippen LogP) is 1.43. The van der Waals surface area contributed by atoms with Crippen molar-refractivity contribution in [3.8, 4) is 5.75 Å². The molecule has 1 fully saturated rings. The highest BCUT2D eigenvalue weighted by Crippen LogP contribution is 2.16. The molecule has 0 bridgehead atoms. The molecule has 25 heavy (non-hydrogen) atoms. The number of ether oxygens (including phenoxy) is 1. The first kappa shape index (κ1) is 19.7. The van der Waals surface area contributed by atoms with E-state index < -0.39 is 10.2 Å². The van der Waals surface area contributed by atoms with Crippen molar-refractivity contribution in [1.82, 2.24) is 13.5 Å². The number of benzene rings is 1. The molecule has 0 N–H and O–H groups in total. The van der Waals surface area contributed by atoms with Gasteiger partial charge in [-0.15, -0.1) is 0 Å². The first-order chi connectivity index (χ1) is 11.9. The van der Waals surface area contributed by atoms with Gasteiger partial charge in [-0.1, -0.05) is 13.3 Å². The van der Waals surface area contributed by atoms with Crippen molar-refractivity contribution in [3.05, 3.63) is 29.8 Å². The zero-order chi connectivity index (χ0) is 18.4. The maximum atomic E-state index is 12.6. The van der Waals surface area contributed by atoms with Crippen LogP contribution in [0.4, 0.5) is 0 Å². The zero-order valence-corrected chi connectivity index (χ0v) is 16.0. The van der Waals surface area contributed by atoms with E-state index in [9.17, 15) is 13.2 Å². The van der Waals surface area contributed by atoms with Gasteiger partial charge in [-0.3, -0.25) is 4.79 Å². The molecule has 0 unspecified atom stereocenters. The van der Waals surface area contributed by atoms with Crippen molar-refractivity contribution in [2.75, 3.05) is 46.9 Å². The van der Waals surface area contributed by atoms with E-state index in [0.717, 1.165) is 18.6 Å². The van der Waals surface area contributed by atoms with Crippen molar-refractivity contribution in [1.29, 1.82) is 0 Å². The van der Waals surface area contributed by atoms with Crippen molar-refractivity contribution in [3.63, 3.8) is 0 Å². The summed E-state index contributed by atoms with van der Waals surface area (Å²) in [6, 6.07) is 7.12. The van der Waals surface area contributed by atoms with Gasteiger partial charge in [-0.05, 0) is 30.7 Å². The van der Waals surface area contributed by atoms with E-state index in [2.05, 4.69) is 6.92 Å². The fourth-order valence-electron chi connectivity index (χ4n) is 2.56. The van der Waals surface area contributed by atoms with Crippen LogP contribution in [0.25, 0.3) is 0 Å².